The van der Waals surface area contributed by atoms with E-state index < -0.39 is 18.2 Å². The van der Waals surface area contributed by atoms with Crippen LogP contribution >= 0.6 is 0 Å². The lowest BCUT2D eigenvalue weighted by molar-refractivity contribution is -0.159. The van der Waals surface area contributed by atoms with Gasteiger partial charge in [-0.2, -0.15) is 18.2 Å². The number of nitrogens with one attached hydrogen (secondary N) is 1. The number of benzene rings is 1. The topological polar surface area (TPSA) is 77.2 Å². The highest BCUT2D eigenvalue weighted by Gasteiger charge is 2.38. The van der Waals surface area contributed by atoms with Crippen LogP contribution in [0.5, 0.6) is 0 Å². The molecule has 24 heavy (non-hydrogen) atoms. The van der Waals surface area contributed by atoms with Gasteiger partial charge in [0, 0.05) is 18.7 Å². The Bertz CT molecular complexity index is 724. The van der Waals surface area contributed by atoms with Gasteiger partial charge in [-0.3, -0.25) is 4.79 Å². The lowest BCUT2D eigenvalue weighted by Crippen LogP contribution is -2.31. The molecule has 9 heteroatoms. The van der Waals surface area contributed by atoms with Crippen molar-refractivity contribution in [3.05, 3.63) is 35.7 Å². The second kappa shape index (κ2) is 6.23. The van der Waals surface area contributed by atoms with E-state index in [0.717, 1.165) is 12.8 Å². The third-order valence-electron chi connectivity index (χ3n) is 3.54. The van der Waals surface area contributed by atoms with Crippen molar-refractivity contribution in [1.29, 1.82) is 0 Å². The Morgan fingerprint density at radius 1 is 1.33 bits per heavy atom. The average molecular weight is 341 g/mol. The number of rotatable bonds is 5. The molecule has 1 atom stereocenters. The van der Waals surface area contributed by atoms with Crippen LogP contribution in [0, 0.1) is 0 Å². The monoisotopic (exact) mass is 341 g/mol. The minimum absolute atomic E-state index is 0.176. The summed E-state index contributed by atoms with van der Waals surface area (Å²) in [6.45, 7) is 0. The van der Waals surface area contributed by atoms with Crippen molar-refractivity contribution in [2.75, 3.05) is 7.11 Å². The van der Waals surface area contributed by atoms with Crippen LogP contribution in [0.2, 0.25) is 0 Å². The van der Waals surface area contributed by atoms with Crippen LogP contribution in [0.25, 0.3) is 11.4 Å². The van der Waals surface area contributed by atoms with Crippen LogP contribution in [-0.2, 0) is 15.7 Å². The smallest absolute Gasteiger partial charge is 0.367 e. The summed E-state index contributed by atoms with van der Waals surface area (Å²) in [5.74, 6) is -1.82. The molecule has 3 rings (SSSR count). The number of amides is 1. The van der Waals surface area contributed by atoms with Crippen molar-refractivity contribution in [2.24, 2.45) is 0 Å². The van der Waals surface area contributed by atoms with Gasteiger partial charge < -0.3 is 14.6 Å². The van der Waals surface area contributed by atoms with Gasteiger partial charge in [-0.05, 0) is 18.4 Å². The second-order valence-corrected chi connectivity index (χ2v) is 5.44. The summed E-state index contributed by atoms with van der Waals surface area (Å²) in [4.78, 5) is 15.4. The summed E-state index contributed by atoms with van der Waals surface area (Å²) < 4.78 is 46.8. The van der Waals surface area contributed by atoms with Gasteiger partial charge in [0.05, 0.1) is 0 Å². The molecule has 1 aliphatic rings. The number of ether oxygens (including phenoxy) is 1. The molecule has 1 aromatic carbocycles. The van der Waals surface area contributed by atoms with Gasteiger partial charge in [-0.1, -0.05) is 29.4 Å². The van der Waals surface area contributed by atoms with Crippen LogP contribution in [0.15, 0.2) is 28.8 Å². The number of aromatic nitrogens is 2. The largest absolute Gasteiger partial charge is 0.471 e. The molecule has 1 heterocycles. The van der Waals surface area contributed by atoms with Gasteiger partial charge in [0.2, 0.25) is 5.82 Å². The molecule has 0 aliphatic heterocycles. The molecule has 0 saturated heterocycles. The van der Waals surface area contributed by atoms with Gasteiger partial charge in [0.15, 0.2) is 6.10 Å². The summed E-state index contributed by atoms with van der Waals surface area (Å²) >= 11 is 0. The summed E-state index contributed by atoms with van der Waals surface area (Å²) in [7, 11) is 1.42. The maximum atomic E-state index is 12.5. The van der Waals surface area contributed by atoms with Gasteiger partial charge in [0.25, 0.3) is 5.91 Å². The second-order valence-electron chi connectivity index (χ2n) is 5.44. The molecule has 6 nitrogen and oxygen atoms in total. The third kappa shape index (κ3) is 3.56. The van der Waals surface area contributed by atoms with E-state index in [4.69, 9.17) is 4.74 Å². The maximum absolute atomic E-state index is 12.5. The van der Waals surface area contributed by atoms with Crippen molar-refractivity contribution >= 4 is 5.91 Å². The van der Waals surface area contributed by atoms with Crippen LogP contribution in [0.4, 0.5) is 13.2 Å². The molecule has 1 unspecified atom stereocenters. The first kappa shape index (κ1) is 16.4. The fraction of sp³-hybridized carbons (Fsp3) is 0.400. The third-order valence-corrected chi connectivity index (χ3v) is 3.54. The molecule has 2 aromatic rings. The molecule has 1 N–H and O–H groups in total. The Balaban J connectivity index is 1.76. The summed E-state index contributed by atoms with van der Waals surface area (Å²) in [5, 5.41) is 6.15. The van der Waals surface area contributed by atoms with E-state index >= 15 is 0 Å². The normalized spacial score (nSPS) is 16.0. The molecule has 0 spiro atoms. The molecule has 0 radical (unpaired) electrons. The van der Waals surface area contributed by atoms with Crippen molar-refractivity contribution in [1.82, 2.24) is 15.5 Å². The minimum atomic E-state index is -4.69. The molecule has 1 aromatic heterocycles. The molecular weight excluding hydrogens is 327 g/mol. The van der Waals surface area contributed by atoms with Gasteiger partial charge in [0.1, 0.15) is 0 Å². The van der Waals surface area contributed by atoms with Crippen LogP contribution in [0.1, 0.15) is 30.4 Å². The van der Waals surface area contributed by atoms with E-state index in [-0.39, 0.29) is 17.8 Å². The maximum Gasteiger partial charge on any atom is 0.471 e. The van der Waals surface area contributed by atoms with Crippen LogP contribution < -0.4 is 5.32 Å². The number of methoxy groups -OCH3 is 1. The molecule has 1 amide bonds. The lowest BCUT2D eigenvalue weighted by Gasteiger charge is -2.15. The highest BCUT2D eigenvalue weighted by molar-refractivity contribution is 5.83. The molecule has 1 fully saturated rings. The predicted octanol–water partition coefficient (Wildman–Crippen LogP) is 2.72. The van der Waals surface area contributed by atoms with Crippen molar-refractivity contribution in [2.45, 2.75) is 31.2 Å². The highest BCUT2D eigenvalue weighted by atomic mass is 19.4. The Morgan fingerprint density at radius 2 is 2.00 bits per heavy atom. The highest BCUT2D eigenvalue weighted by Crippen LogP contribution is 2.30. The number of hydrogen-bond acceptors (Lipinski definition) is 5. The predicted molar refractivity (Wildman–Crippen MR) is 75.7 cm³/mol. The van der Waals surface area contributed by atoms with Crippen LogP contribution in [0.3, 0.4) is 0 Å². The molecule has 1 aliphatic carbocycles. The minimum Gasteiger partial charge on any atom is -0.367 e. The first-order chi connectivity index (χ1) is 11.4. The first-order valence-corrected chi connectivity index (χ1v) is 7.23. The van der Waals surface area contributed by atoms with E-state index in [1.807, 2.05) is 0 Å². The molecule has 1 saturated carbocycles. The quantitative estimate of drug-likeness (QED) is 0.905. The summed E-state index contributed by atoms with van der Waals surface area (Å²) in [5.41, 5.74) is 0.925. The van der Waals surface area contributed by atoms with Gasteiger partial charge in [-0.25, -0.2) is 0 Å². The fourth-order valence-corrected chi connectivity index (χ4v) is 2.16. The first-order valence-electron chi connectivity index (χ1n) is 7.23. The molecule has 0 bridgehead atoms. The number of carbonyl (C=O) groups excluding carboxylic acids is 1. The zero-order valence-corrected chi connectivity index (χ0v) is 12.6. The SMILES string of the molecule is COC(C(=O)NC1CC1)c1ccc(-c2noc(C(F)(F)F)n2)cc1. The summed E-state index contributed by atoms with van der Waals surface area (Å²) in [6.07, 6.45) is -3.55. The molecular formula is C15H14F3N3O3. The van der Waals surface area contributed by atoms with Crippen molar-refractivity contribution in [3.63, 3.8) is 0 Å². The number of hydrogen-bond donors (Lipinski definition) is 1. The van der Waals surface area contributed by atoms with E-state index in [2.05, 4.69) is 20.0 Å². The zero-order valence-electron chi connectivity index (χ0n) is 12.6. The number of carbonyl (C=O) groups is 1. The zero-order chi connectivity index (χ0) is 17.3. The standard InChI is InChI=1S/C15H14F3N3O3/c1-23-11(13(22)19-10-6-7-10)8-2-4-9(5-3-8)12-20-14(24-21-12)15(16,17)18/h2-5,10-11H,6-7H2,1H3,(H,19,22). The average Bonchev–Trinajstić information content (AvgIpc) is 3.19. The van der Waals surface area contributed by atoms with Crippen molar-refractivity contribution in [3.8, 4) is 11.4 Å². The summed E-state index contributed by atoms with van der Waals surface area (Å²) in [6, 6.07) is 6.39. The van der Waals surface area contributed by atoms with E-state index in [9.17, 15) is 18.0 Å². The Labute approximate surface area is 135 Å². The Morgan fingerprint density at radius 3 is 2.50 bits per heavy atom. The van der Waals surface area contributed by atoms with Crippen molar-refractivity contribution < 1.29 is 27.2 Å². The van der Waals surface area contributed by atoms with E-state index in [1.54, 1.807) is 12.1 Å². The number of nitrogens with zero attached hydrogens (tertiary/aromatic N) is 2. The fourth-order valence-electron chi connectivity index (χ4n) is 2.16. The van der Waals surface area contributed by atoms with E-state index in [0.29, 0.717) is 11.1 Å². The number of alkyl halides is 3. The Hall–Kier alpha value is -2.42. The van der Waals surface area contributed by atoms with E-state index in [1.165, 1.54) is 19.2 Å². The van der Waals surface area contributed by atoms with Gasteiger partial charge >= 0.3 is 12.1 Å². The van der Waals surface area contributed by atoms with Gasteiger partial charge in [-0.15, -0.1) is 0 Å². The lowest BCUT2D eigenvalue weighted by atomic mass is 10.1. The number of halogens is 3. The molecule has 128 valence electrons. The Kier molecular flexibility index (Phi) is 4.27. The van der Waals surface area contributed by atoms with Crippen LogP contribution in [-0.4, -0.2) is 29.2 Å².